The van der Waals surface area contributed by atoms with Gasteiger partial charge in [0.25, 0.3) is 5.91 Å². The highest BCUT2D eigenvalue weighted by molar-refractivity contribution is 6.33. The fourth-order valence-electron chi connectivity index (χ4n) is 2.67. The number of anilines is 1. The zero-order valence-corrected chi connectivity index (χ0v) is 16.6. The Bertz CT molecular complexity index is 1150. The van der Waals surface area contributed by atoms with Crippen LogP contribution in [0.4, 0.5) is 24.7 Å². The van der Waals surface area contributed by atoms with Gasteiger partial charge in [0.05, 0.1) is 22.0 Å². The highest BCUT2D eigenvalue weighted by Crippen LogP contribution is 2.34. The van der Waals surface area contributed by atoms with Crippen molar-refractivity contribution in [3.8, 4) is 0 Å². The number of nitrogens with zero attached hydrogens (tertiary/aromatic N) is 2. The third-order valence-corrected chi connectivity index (χ3v) is 4.62. The zero-order chi connectivity index (χ0) is 22.1. The van der Waals surface area contributed by atoms with E-state index in [2.05, 4.69) is 9.98 Å². The fraction of sp³-hybridized carbons (Fsp3) is 0.0500. The minimum Gasteiger partial charge on any atom is -0.383 e. The zero-order valence-electron chi connectivity index (χ0n) is 15.0. The van der Waals surface area contributed by atoms with Crippen molar-refractivity contribution in [3.05, 3.63) is 87.0 Å². The molecule has 30 heavy (non-hydrogen) atoms. The van der Waals surface area contributed by atoms with E-state index in [0.717, 1.165) is 6.07 Å². The Morgan fingerprint density at radius 1 is 1.00 bits per heavy atom. The summed E-state index contributed by atoms with van der Waals surface area (Å²) in [4.78, 5) is 19.6. The second-order valence-corrected chi connectivity index (χ2v) is 6.94. The number of aromatic nitrogens is 1. The summed E-state index contributed by atoms with van der Waals surface area (Å²) in [6.45, 7) is 0. The van der Waals surface area contributed by atoms with Crippen LogP contribution in [-0.4, -0.2) is 16.6 Å². The highest BCUT2D eigenvalue weighted by atomic mass is 35.5. The lowest BCUT2D eigenvalue weighted by Gasteiger charge is -2.15. The van der Waals surface area contributed by atoms with Crippen molar-refractivity contribution in [1.29, 1.82) is 0 Å². The minimum absolute atomic E-state index is 0.0148. The summed E-state index contributed by atoms with van der Waals surface area (Å²) in [5, 5.41) is 0.740. The molecule has 0 saturated carbocycles. The second-order valence-electron chi connectivity index (χ2n) is 6.10. The number of nitrogen functional groups attached to an aromatic ring is 1. The van der Waals surface area contributed by atoms with E-state index in [1.165, 1.54) is 0 Å². The van der Waals surface area contributed by atoms with Crippen LogP contribution >= 0.6 is 23.2 Å². The van der Waals surface area contributed by atoms with E-state index in [1.807, 2.05) is 0 Å². The standard InChI is InChI=1S/C20H13Cl2F3N4O/c21-11-7-5-10(6-8-11)16(28-15-4-2-1-3-14(15)22)12-9-13(19(27)30)17(20(23,24)25)29-18(12)26/h1-9H,(H2,26,29)(H2,27,30). The Kier molecular flexibility index (Phi) is 6.00. The van der Waals surface area contributed by atoms with Crippen molar-refractivity contribution in [1.82, 2.24) is 4.98 Å². The van der Waals surface area contributed by atoms with Crippen LogP contribution in [0.2, 0.25) is 10.0 Å². The van der Waals surface area contributed by atoms with Crippen LogP contribution in [0.5, 0.6) is 0 Å². The maximum absolute atomic E-state index is 13.3. The number of alkyl halides is 3. The van der Waals surface area contributed by atoms with Crippen molar-refractivity contribution >= 4 is 46.3 Å². The molecule has 0 atom stereocenters. The molecule has 3 aromatic rings. The monoisotopic (exact) mass is 452 g/mol. The van der Waals surface area contributed by atoms with Crippen LogP contribution in [0, 0.1) is 0 Å². The number of halogens is 5. The second kappa shape index (κ2) is 8.33. The van der Waals surface area contributed by atoms with Crippen molar-refractivity contribution in [3.63, 3.8) is 0 Å². The first kappa shape index (κ1) is 21.6. The summed E-state index contributed by atoms with van der Waals surface area (Å²) in [6.07, 6.45) is -4.92. The number of nitrogens with two attached hydrogens (primary N) is 2. The summed E-state index contributed by atoms with van der Waals surface area (Å²) < 4.78 is 39.9. The predicted octanol–water partition coefficient (Wildman–Crippen LogP) is 5.26. The molecule has 0 spiro atoms. The summed E-state index contributed by atoms with van der Waals surface area (Å²) in [5.41, 5.74) is 9.64. The molecule has 0 bridgehead atoms. The minimum atomic E-state index is -4.92. The van der Waals surface area contributed by atoms with Crippen LogP contribution in [0.3, 0.4) is 0 Å². The van der Waals surface area contributed by atoms with Crippen molar-refractivity contribution in [2.45, 2.75) is 6.18 Å². The van der Waals surface area contributed by atoms with E-state index < -0.39 is 29.2 Å². The topological polar surface area (TPSA) is 94.4 Å². The van der Waals surface area contributed by atoms with Gasteiger partial charge in [0, 0.05) is 16.1 Å². The first-order chi connectivity index (χ1) is 14.1. The number of carbonyl (C=O) groups excluding carboxylic acids is 1. The molecule has 2 aromatic carbocycles. The van der Waals surface area contributed by atoms with Gasteiger partial charge >= 0.3 is 6.18 Å². The molecule has 10 heteroatoms. The van der Waals surface area contributed by atoms with Crippen molar-refractivity contribution < 1.29 is 18.0 Å². The third-order valence-electron chi connectivity index (χ3n) is 4.04. The van der Waals surface area contributed by atoms with Gasteiger partial charge < -0.3 is 11.5 Å². The first-order valence-corrected chi connectivity index (χ1v) is 9.10. The summed E-state index contributed by atoms with van der Waals surface area (Å²) in [6, 6.07) is 13.9. The molecule has 3 rings (SSSR count). The Labute approximate surface area is 179 Å². The lowest BCUT2D eigenvalue weighted by atomic mass is 9.99. The molecule has 0 fully saturated rings. The number of hydrogen-bond donors (Lipinski definition) is 2. The smallest absolute Gasteiger partial charge is 0.383 e. The summed E-state index contributed by atoms with van der Waals surface area (Å²) >= 11 is 12.1. The van der Waals surface area contributed by atoms with Gasteiger partial charge in [-0.3, -0.25) is 4.79 Å². The maximum Gasteiger partial charge on any atom is 0.434 e. The molecule has 1 amide bonds. The molecule has 1 aromatic heterocycles. The Morgan fingerprint density at radius 2 is 1.63 bits per heavy atom. The number of primary amides is 1. The van der Waals surface area contributed by atoms with E-state index in [1.54, 1.807) is 48.5 Å². The Hall–Kier alpha value is -3.10. The van der Waals surface area contributed by atoms with Gasteiger partial charge in [-0.25, -0.2) is 9.98 Å². The predicted molar refractivity (Wildman–Crippen MR) is 110 cm³/mol. The van der Waals surface area contributed by atoms with Crippen LogP contribution in [0.1, 0.15) is 27.2 Å². The van der Waals surface area contributed by atoms with Gasteiger partial charge in [0.2, 0.25) is 0 Å². The summed E-state index contributed by atoms with van der Waals surface area (Å²) in [7, 11) is 0. The van der Waals surface area contributed by atoms with Gasteiger partial charge in [-0.05, 0) is 30.3 Å². The van der Waals surface area contributed by atoms with E-state index in [-0.39, 0.29) is 11.3 Å². The van der Waals surface area contributed by atoms with E-state index in [4.69, 9.17) is 34.7 Å². The van der Waals surface area contributed by atoms with Gasteiger partial charge in [-0.1, -0.05) is 47.5 Å². The molecule has 0 aliphatic rings. The number of aliphatic imine (C=N–C) groups is 1. The molecule has 1 heterocycles. The largest absolute Gasteiger partial charge is 0.434 e. The van der Waals surface area contributed by atoms with Gasteiger partial charge in [-0.15, -0.1) is 0 Å². The average Bonchev–Trinajstić information content (AvgIpc) is 2.67. The molecule has 0 aliphatic carbocycles. The number of amides is 1. The van der Waals surface area contributed by atoms with E-state index in [0.29, 0.717) is 21.3 Å². The Morgan fingerprint density at radius 3 is 2.20 bits per heavy atom. The molecular weight excluding hydrogens is 440 g/mol. The molecule has 0 unspecified atom stereocenters. The fourth-order valence-corrected chi connectivity index (χ4v) is 2.98. The molecule has 4 N–H and O–H groups in total. The summed E-state index contributed by atoms with van der Waals surface area (Å²) in [5.74, 6) is -1.78. The average molecular weight is 453 g/mol. The number of para-hydroxylation sites is 1. The van der Waals surface area contributed by atoms with Gasteiger partial charge in [-0.2, -0.15) is 13.2 Å². The number of carbonyl (C=O) groups is 1. The van der Waals surface area contributed by atoms with E-state index in [9.17, 15) is 18.0 Å². The van der Waals surface area contributed by atoms with Crippen molar-refractivity contribution in [2.75, 3.05) is 5.73 Å². The number of hydrogen-bond acceptors (Lipinski definition) is 4. The van der Waals surface area contributed by atoms with Crippen LogP contribution in [-0.2, 0) is 6.18 Å². The molecular formula is C20H13Cl2F3N4O. The molecule has 5 nitrogen and oxygen atoms in total. The third kappa shape index (κ3) is 4.55. The van der Waals surface area contributed by atoms with Gasteiger partial charge in [0.1, 0.15) is 5.82 Å². The number of rotatable bonds is 4. The lowest BCUT2D eigenvalue weighted by Crippen LogP contribution is -2.23. The van der Waals surface area contributed by atoms with Gasteiger partial charge in [0.15, 0.2) is 5.69 Å². The van der Waals surface area contributed by atoms with Crippen LogP contribution in [0.15, 0.2) is 59.6 Å². The first-order valence-electron chi connectivity index (χ1n) is 8.35. The lowest BCUT2D eigenvalue weighted by molar-refractivity contribution is -0.141. The quantitative estimate of drug-likeness (QED) is 0.528. The number of benzene rings is 2. The molecule has 0 saturated heterocycles. The highest BCUT2D eigenvalue weighted by Gasteiger charge is 2.38. The molecule has 0 radical (unpaired) electrons. The number of pyridine rings is 1. The molecule has 154 valence electrons. The van der Waals surface area contributed by atoms with Crippen LogP contribution < -0.4 is 11.5 Å². The van der Waals surface area contributed by atoms with E-state index >= 15 is 0 Å². The SMILES string of the molecule is NC(=O)c1cc(C(=Nc2ccccc2Cl)c2ccc(Cl)cc2)c(N)nc1C(F)(F)F. The maximum atomic E-state index is 13.3. The molecule has 0 aliphatic heterocycles. The van der Waals surface area contributed by atoms with Crippen molar-refractivity contribution in [2.24, 2.45) is 10.7 Å². The van der Waals surface area contributed by atoms with Crippen LogP contribution in [0.25, 0.3) is 0 Å². The Balaban J connectivity index is 2.32. The normalized spacial score (nSPS) is 12.1.